The Morgan fingerprint density at radius 2 is 1.75 bits per heavy atom. The number of nitrogens with zero attached hydrogens (tertiary/aromatic N) is 3. The van der Waals surface area contributed by atoms with E-state index in [9.17, 15) is 18.0 Å². The summed E-state index contributed by atoms with van der Waals surface area (Å²) in [6.45, 7) is 3.65. The number of anilines is 2. The first-order valence-electron chi connectivity index (χ1n) is 9.05. The van der Waals surface area contributed by atoms with Gasteiger partial charge in [-0.05, 0) is 56.2 Å². The second kappa shape index (κ2) is 6.85. The molecule has 8 heteroatoms. The Balaban J connectivity index is 1.60. The fourth-order valence-corrected chi connectivity index (χ4v) is 3.52. The van der Waals surface area contributed by atoms with E-state index in [1.54, 1.807) is 19.1 Å². The van der Waals surface area contributed by atoms with Gasteiger partial charge in [0.25, 0.3) is 5.91 Å². The highest BCUT2D eigenvalue weighted by Crippen LogP contribution is 2.30. The van der Waals surface area contributed by atoms with E-state index in [-0.39, 0.29) is 5.69 Å². The molecule has 0 radical (unpaired) electrons. The van der Waals surface area contributed by atoms with Crippen molar-refractivity contribution < 1.29 is 18.0 Å². The Morgan fingerprint density at radius 1 is 1.07 bits per heavy atom. The number of aryl methyl sites for hydroxylation is 1. The number of aromatic nitrogens is 2. The Bertz CT molecular complexity index is 1020. The summed E-state index contributed by atoms with van der Waals surface area (Å²) < 4.78 is 40.3. The van der Waals surface area contributed by atoms with Crippen molar-refractivity contribution in [2.24, 2.45) is 0 Å². The molecule has 1 aromatic carbocycles. The molecule has 0 bridgehead atoms. The molecular weight excluding hydrogens is 369 g/mol. The van der Waals surface area contributed by atoms with Gasteiger partial charge in [-0.15, -0.1) is 0 Å². The minimum absolute atomic E-state index is 0.0877. The summed E-state index contributed by atoms with van der Waals surface area (Å²) in [5.74, 6) is -0.502. The van der Waals surface area contributed by atoms with Crippen LogP contribution >= 0.6 is 0 Å². The predicted octanol–water partition coefficient (Wildman–Crippen LogP) is 4.51. The first kappa shape index (κ1) is 18.3. The summed E-state index contributed by atoms with van der Waals surface area (Å²) >= 11 is 0. The van der Waals surface area contributed by atoms with Gasteiger partial charge in [0, 0.05) is 30.7 Å². The molecule has 1 N–H and O–H groups in total. The number of benzene rings is 1. The molecule has 1 saturated heterocycles. The molecule has 0 atom stereocenters. The monoisotopic (exact) mass is 388 g/mol. The smallest absolute Gasteiger partial charge is 0.372 e. The van der Waals surface area contributed by atoms with Crippen LogP contribution in [0.4, 0.5) is 24.5 Å². The van der Waals surface area contributed by atoms with Crippen LogP contribution in [0, 0.1) is 6.92 Å². The molecule has 5 nitrogen and oxygen atoms in total. The third-order valence-electron chi connectivity index (χ3n) is 4.93. The molecule has 0 spiro atoms. The number of alkyl halides is 3. The number of halogens is 3. The molecule has 3 heterocycles. The van der Waals surface area contributed by atoms with Gasteiger partial charge in [-0.25, -0.2) is 4.98 Å². The third-order valence-corrected chi connectivity index (χ3v) is 4.93. The van der Waals surface area contributed by atoms with E-state index in [2.05, 4.69) is 15.2 Å². The van der Waals surface area contributed by atoms with Gasteiger partial charge in [-0.2, -0.15) is 13.2 Å². The molecule has 4 rings (SSSR count). The average molecular weight is 388 g/mol. The Kier molecular flexibility index (Phi) is 4.49. The van der Waals surface area contributed by atoms with E-state index in [1.165, 1.54) is 23.3 Å². The second-order valence-electron chi connectivity index (χ2n) is 6.88. The molecule has 1 aliphatic heterocycles. The summed E-state index contributed by atoms with van der Waals surface area (Å²) in [4.78, 5) is 19.2. The van der Waals surface area contributed by atoms with Crippen LogP contribution in [0.15, 0.2) is 42.6 Å². The number of fused-ring (bicyclic) bond motifs is 1. The maximum absolute atomic E-state index is 13.0. The van der Waals surface area contributed by atoms with Crippen molar-refractivity contribution in [2.75, 3.05) is 23.3 Å². The van der Waals surface area contributed by atoms with E-state index < -0.39 is 17.6 Å². The van der Waals surface area contributed by atoms with Crippen LogP contribution in [0.25, 0.3) is 5.65 Å². The fraction of sp³-hybridized carbons (Fsp3) is 0.300. The summed E-state index contributed by atoms with van der Waals surface area (Å²) in [5.41, 5.74) is 1.59. The van der Waals surface area contributed by atoms with Crippen molar-refractivity contribution in [3.8, 4) is 0 Å². The quantitative estimate of drug-likeness (QED) is 0.718. The molecule has 0 unspecified atom stereocenters. The summed E-state index contributed by atoms with van der Waals surface area (Å²) in [6, 6.07) is 9.68. The highest BCUT2D eigenvalue weighted by atomic mass is 19.4. The van der Waals surface area contributed by atoms with Crippen LogP contribution in [0.1, 0.15) is 34.6 Å². The van der Waals surface area contributed by atoms with Crippen LogP contribution < -0.4 is 10.2 Å². The number of carbonyl (C=O) groups excluding carboxylic acids is 1. The summed E-state index contributed by atoms with van der Waals surface area (Å²) in [5, 5.41) is 2.75. The number of hydrogen-bond acceptors (Lipinski definition) is 3. The van der Waals surface area contributed by atoms with Crippen molar-refractivity contribution in [1.29, 1.82) is 0 Å². The van der Waals surface area contributed by atoms with Crippen LogP contribution in [-0.4, -0.2) is 28.4 Å². The van der Waals surface area contributed by atoms with Gasteiger partial charge >= 0.3 is 6.18 Å². The molecule has 3 aromatic rings. The van der Waals surface area contributed by atoms with Gasteiger partial charge in [0.2, 0.25) is 0 Å². The number of amides is 1. The van der Waals surface area contributed by atoms with E-state index in [4.69, 9.17) is 0 Å². The molecule has 1 fully saturated rings. The van der Waals surface area contributed by atoms with Crippen LogP contribution in [-0.2, 0) is 6.18 Å². The topological polar surface area (TPSA) is 49.6 Å². The van der Waals surface area contributed by atoms with Gasteiger partial charge in [0.1, 0.15) is 11.3 Å². The minimum Gasteiger partial charge on any atom is -0.372 e. The SMILES string of the molecule is Cc1nc2ccc(C(F)(F)F)cn2c1C(=O)Nc1ccc(N2CCCC2)cc1. The molecule has 2 aromatic heterocycles. The van der Waals surface area contributed by atoms with Crippen molar-refractivity contribution in [1.82, 2.24) is 9.38 Å². The van der Waals surface area contributed by atoms with Crippen molar-refractivity contribution >= 4 is 22.9 Å². The molecule has 0 saturated carbocycles. The summed E-state index contributed by atoms with van der Waals surface area (Å²) in [7, 11) is 0. The fourth-order valence-electron chi connectivity index (χ4n) is 3.52. The standard InChI is InChI=1S/C20H19F3N4O/c1-13-18(27-12-14(20(21,22)23)4-9-17(27)24-13)19(28)25-15-5-7-16(8-6-15)26-10-2-3-11-26/h4-9,12H,2-3,10-11H2,1H3,(H,25,28). The lowest BCUT2D eigenvalue weighted by atomic mass is 10.2. The zero-order valence-corrected chi connectivity index (χ0v) is 15.3. The zero-order valence-electron chi connectivity index (χ0n) is 15.3. The van der Waals surface area contributed by atoms with Crippen molar-refractivity contribution in [2.45, 2.75) is 25.9 Å². The van der Waals surface area contributed by atoms with Crippen LogP contribution in [0.3, 0.4) is 0 Å². The number of imidazole rings is 1. The molecule has 28 heavy (non-hydrogen) atoms. The Hall–Kier alpha value is -3.03. The van der Waals surface area contributed by atoms with Crippen molar-refractivity contribution in [3.63, 3.8) is 0 Å². The van der Waals surface area contributed by atoms with Gasteiger partial charge < -0.3 is 10.2 Å². The zero-order chi connectivity index (χ0) is 19.9. The van der Waals surface area contributed by atoms with Crippen LogP contribution in [0.5, 0.6) is 0 Å². The number of pyridine rings is 1. The number of carbonyl (C=O) groups is 1. The van der Waals surface area contributed by atoms with E-state index in [0.29, 0.717) is 17.0 Å². The molecule has 1 aliphatic rings. The van der Waals surface area contributed by atoms with E-state index in [1.807, 2.05) is 12.1 Å². The number of hydrogen-bond donors (Lipinski definition) is 1. The van der Waals surface area contributed by atoms with Gasteiger partial charge in [0.05, 0.1) is 11.3 Å². The first-order valence-corrected chi connectivity index (χ1v) is 9.05. The lowest BCUT2D eigenvalue weighted by molar-refractivity contribution is -0.137. The third kappa shape index (κ3) is 3.42. The van der Waals surface area contributed by atoms with E-state index in [0.717, 1.165) is 31.0 Å². The number of rotatable bonds is 3. The minimum atomic E-state index is -4.49. The van der Waals surface area contributed by atoms with Gasteiger partial charge in [-0.3, -0.25) is 9.20 Å². The Morgan fingerprint density at radius 3 is 2.39 bits per heavy atom. The van der Waals surface area contributed by atoms with Gasteiger partial charge in [0.15, 0.2) is 0 Å². The maximum Gasteiger partial charge on any atom is 0.417 e. The second-order valence-corrected chi connectivity index (χ2v) is 6.88. The first-order chi connectivity index (χ1) is 13.3. The molecule has 0 aliphatic carbocycles. The van der Waals surface area contributed by atoms with Gasteiger partial charge in [-0.1, -0.05) is 0 Å². The van der Waals surface area contributed by atoms with Crippen LogP contribution in [0.2, 0.25) is 0 Å². The van der Waals surface area contributed by atoms with E-state index >= 15 is 0 Å². The van der Waals surface area contributed by atoms with Crippen molar-refractivity contribution in [3.05, 3.63) is 59.5 Å². The average Bonchev–Trinajstić information content (AvgIpc) is 3.28. The highest BCUT2D eigenvalue weighted by molar-refractivity contribution is 6.04. The largest absolute Gasteiger partial charge is 0.417 e. The number of nitrogens with one attached hydrogen (secondary N) is 1. The Labute approximate surface area is 159 Å². The highest BCUT2D eigenvalue weighted by Gasteiger charge is 2.31. The lowest BCUT2D eigenvalue weighted by Crippen LogP contribution is -2.18. The maximum atomic E-state index is 13.0. The molecule has 1 amide bonds. The molecular formula is C20H19F3N4O. The lowest BCUT2D eigenvalue weighted by Gasteiger charge is -2.17. The molecule has 146 valence electrons. The predicted molar refractivity (Wildman–Crippen MR) is 101 cm³/mol. The normalized spacial score (nSPS) is 14.6. The summed E-state index contributed by atoms with van der Waals surface area (Å²) in [6.07, 6.45) is -1.25.